The van der Waals surface area contributed by atoms with Crippen LogP contribution < -0.4 is 5.56 Å². The van der Waals surface area contributed by atoms with Crippen molar-refractivity contribution >= 4 is 11.6 Å². The van der Waals surface area contributed by atoms with Crippen molar-refractivity contribution in [1.82, 2.24) is 19.7 Å². The third-order valence-electron chi connectivity index (χ3n) is 3.96. The molecule has 25 heavy (non-hydrogen) atoms. The highest BCUT2D eigenvalue weighted by Gasteiger charge is 2.15. The highest BCUT2D eigenvalue weighted by Crippen LogP contribution is 2.19. The molecule has 8 heteroatoms. The van der Waals surface area contributed by atoms with E-state index < -0.39 is 6.10 Å². The summed E-state index contributed by atoms with van der Waals surface area (Å²) in [5.41, 5.74) is 1.85. The smallest absolute Gasteiger partial charge is 0.256 e. The summed E-state index contributed by atoms with van der Waals surface area (Å²) >= 11 is 5.84. The molecule has 130 valence electrons. The first-order valence-electron chi connectivity index (χ1n) is 7.71. The van der Waals surface area contributed by atoms with Gasteiger partial charge in [0, 0.05) is 22.7 Å². The molecule has 1 atom stereocenters. The van der Waals surface area contributed by atoms with Crippen LogP contribution >= 0.6 is 11.6 Å². The summed E-state index contributed by atoms with van der Waals surface area (Å²) in [6.45, 7) is 3.64. The number of rotatable bonds is 5. The fraction of sp³-hybridized carbons (Fsp3) is 0.294. The summed E-state index contributed by atoms with van der Waals surface area (Å²) in [7, 11) is 0. The minimum Gasteiger partial charge on any atom is -0.388 e. The van der Waals surface area contributed by atoms with Crippen LogP contribution in [0, 0.1) is 13.8 Å². The molecule has 0 aliphatic heterocycles. The third kappa shape index (κ3) is 3.94. The Kier molecular flexibility index (Phi) is 4.96. The average Bonchev–Trinajstić information content (AvgIpc) is 3.03. The van der Waals surface area contributed by atoms with Crippen molar-refractivity contribution in [3.63, 3.8) is 0 Å². The van der Waals surface area contributed by atoms with E-state index in [4.69, 9.17) is 16.1 Å². The number of aliphatic hydroxyl groups is 1. The van der Waals surface area contributed by atoms with Crippen LogP contribution in [-0.4, -0.2) is 24.8 Å². The summed E-state index contributed by atoms with van der Waals surface area (Å²) in [6, 6.07) is 6.91. The molecule has 0 unspecified atom stereocenters. The van der Waals surface area contributed by atoms with Crippen molar-refractivity contribution < 1.29 is 9.63 Å². The van der Waals surface area contributed by atoms with Gasteiger partial charge in [0.1, 0.15) is 6.54 Å². The molecule has 2 heterocycles. The second kappa shape index (κ2) is 7.16. The Balaban J connectivity index is 1.71. The van der Waals surface area contributed by atoms with Crippen molar-refractivity contribution in [2.45, 2.75) is 32.9 Å². The zero-order valence-electron chi connectivity index (χ0n) is 13.8. The lowest BCUT2D eigenvalue weighted by Gasteiger charge is -2.08. The number of hydrogen-bond acceptors (Lipinski definition) is 6. The topological polar surface area (TPSA) is 94.0 Å². The van der Waals surface area contributed by atoms with Crippen LogP contribution in [0.5, 0.6) is 0 Å². The van der Waals surface area contributed by atoms with Crippen LogP contribution in [0.2, 0.25) is 5.02 Å². The molecule has 0 amide bonds. The number of nitrogens with zero attached hydrogens (tertiary/aromatic N) is 4. The van der Waals surface area contributed by atoms with Crippen molar-refractivity contribution in [1.29, 1.82) is 0 Å². The molecule has 0 bridgehead atoms. The lowest BCUT2D eigenvalue weighted by molar-refractivity contribution is 0.174. The molecular weight excluding hydrogens is 344 g/mol. The summed E-state index contributed by atoms with van der Waals surface area (Å²) < 4.78 is 6.58. The number of hydrogen-bond donors (Lipinski definition) is 1. The Hall–Kier alpha value is -2.51. The molecule has 3 rings (SSSR count). The molecule has 1 aromatic carbocycles. The Morgan fingerprint density at radius 3 is 2.72 bits per heavy atom. The number of aliphatic hydroxyl groups excluding tert-OH is 1. The van der Waals surface area contributed by atoms with Crippen molar-refractivity contribution in [2.75, 3.05) is 0 Å². The first-order chi connectivity index (χ1) is 11.9. The Morgan fingerprint density at radius 2 is 2.00 bits per heavy atom. The standard InChI is InChI=1S/C17H17ClN4O3/c1-10-11(2)19-9-22(17(10)24)8-16-20-15(21-25-16)7-14(23)12-3-5-13(18)6-4-12/h3-6,9,14,23H,7-8H2,1-2H3/t14-/m0/s1. The molecular formula is C17H17ClN4O3. The van der Waals surface area contributed by atoms with E-state index in [0.29, 0.717) is 27.7 Å². The molecule has 1 N–H and O–H groups in total. The maximum Gasteiger partial charge on any atom is 0.256 e. The Labute approximate surface area is 148 Å². The monoisotopic (exact) mass is 360 g/mol. The molecule has 0 saturated heterocycles. The fourth-order valence-corrected chi connectivity index (χ4v) is 2.47. The van der Waals surface area contributed by atoms with Gasteiger partial charge in [0.05, 0.1) is 12.4 Å². The highest BCUT2D eigenvalue weighted by molar-refractivity contribution is 6.30. The van der Waals surface area contributed by atoms with Gasteiger partial charge >= 0.3 is 0 Å². The maximum absolute atomic E-state index is 12.2. The second-order valence-corrected chi connectivity index (χ2v) is 6.20. The Morgan fingerprint density at radius 1 is 1.28 bits per heavy atom. The van der Waals surface area contributed by atoms with E-state index in [0.717, 1.165) is 0 Å². The zero-order chi connectivity index (χ0) is 18.0. The number of halogens is 1. The van der Waals surface area contributed by atoms with Gasteiger partial charge in [-0.15, -0.1) is 0 Å². The molecule has 7 nitrogen and oxygen atoms in total. The van der Waals surface area contributed by atoms with Crippen LogP contribution in [-0.2, 0) is 13.0 Å². The van der Waals surface area contributed by atoms with Crippen molar-refractivity contribution in [2.24, 2.45) is 0 Å². The van der Waals surface area contributed by atoms with E-state index in [1.54, 1.807) is 38.1 Å². The minimum atomic E-state index is -0.770. The fourth-order valence-electron chi connectivity index (χ4n) is 2.35. The van der Waals surface area contributed by atoms with Gasteiger partial charge in [0.25, 0.3) is 5.56 Å². The quantitative estimate of drug-likeness (QED) is 0.749. The third-order valence-corrected chi connectivity index (χ3v) is 4.21. The lowest BCUT2D eigenvalue weighted by atomic mass is 10.1. The summed E-state index contributed by atoms with van der Waals surface area (Å²) in [5.74, 6) is 0.646. The van der Waals surface area contributed by atoms with Crippen LogP contribution in [0.3, 0.4) is 0 Å². The van der Waals surface area contributed by atoms with Gasteiger partial charge in [0.2, 0.25) is 5.89 Å². The van der Waals surface area contributed by atoms with E-state index in [-0.39, 0.29) is 24.4 Å². The molecule has 0 saturated carbocycles. The number of benzene rings is 1. The minimum absolute atomic E-state index is 0.136. The van der Waals surface area contributed by atoms with Crippen LogP contribution in [0.1, 0.15) is 34.6 Å². The van der Waals surface area contributed by atoms with Crippen molar-refractivity contribution in [3.8, 4) is 0 Å². The summed E-state index contributed by atoms with van der Waals surface area (Å²) in [4.78, 5) is 20.6. The van der Waals surface area contributed by atoms with E-state index in [1.807, 2.05) is 0 Å². The lowest BCUT2D eigenvalue weighted by Crippen LogP contribution is -2.24. The average molecular weight is 361 g/mol. The van der Waals surface area contributed by atoms with Gasteiger partial charge < -0.3 is 9.63 Å². The first kappa shape index (κ1) is 17.3. The molecule has 0 aliphatic carbocycles. The molecule has 2 aromatic heterocycles. The number of aromatic nitrogens is 4. The molecule has 0 aliphatic rings. The predicted octanol–water partition coefficient (Wildman–Crippen LogP) is 2.22. The second-order valence-electron chi connectivity index (χ2n) is 5.76. The van der Waals surface area contributed by atoms with E-state index in [9.17, 15) is 9.90 Å². The van der Waals surface area contributed by atoms with Crippen LogP contribution in [0.25, 0.3) is 0 Å². The molecule has 0 fully saturated rings. The van der Waals surface area contributed by atoms with E-state index in [2.05, 4.69) is 15.1 Å². The Bertz CT molecular complexity index is 934. The van der Waals surface area contributed by atoms with Gasteiger partial charge in [-0.05, 0) is 31.5 Å². The maximum atomic E-state index is 12.2. The van der Waals surface area contributed by atoms with Gasteiger partial charge in [-0.1, -0.05) is 28.9 Å². The number of aryl methyl sites for hydroxylation is 1. The van der Waals surface area contributed by atoms with Gasteiger partial charge in [-0.2, -0.15) is 4.98 Å². The van der Waals surface area contributed by atoms with Gasteiger partial charge in [-0.3, -0.25) is 9.36 Å². The first-order valence-corrected chi connectivity index (χ1v) is 8.09. The molecule has 0 radical (unpaired) electrons. The highest BCUT2D eigenvalue weighted by atomic mass is 35.5. The molecule has 0 spiro atoms. The van der Waals surface area contributed by atoms with E-state index in [1.165, 1.54) is 10.9 Å². The normalized spacial score (nSPS) is 12.3. The summed E-state index contributed by atoms with van der Waals surface area (Å²) in [5, 5.41) is 14.7. The molecule has 3 aromatic rings. The predicted molar refractivity (Wildman–Crippen MR) is 91.5 cm³/mol. The zero-order valence-corrected chi connectivity index (χ0v) is 14.6. The van der Waals surface area contributed by atoms with Gasteiger partial charge in [0.15, 0.2) is 5.82 Å². The van der Waals surface area contributed by atoms with Crippen LogP contribution in [0.15, 0.2) is 39.9 Å². The van der Waals surface area contributed by atoms with E-state index >= 15 is 0 Å². The van der Waals surface area contributed by atoms with Gasteiger partial charge in [-0.25, -0.2) is 4.98 Å². The van der Waals surface area contributed by atoms with Crippen molar-refractivity contribution in [3.05, 3.63) is 74.5 Å². The SMILES string of the molecule is Cc1ncn(Cc2nc(C[C@H](O)c3ccc(Cl)cc3)no2)c(=O)c1C. The largest absolute Gasteiger partial charge is 0.388 e. The van der Waals surface area contributed by atoms with Crippen LogP contribution in [0.4, 0.5) is 0 Å². The summed E-state index contributed by atoms with van der Waals surface area (Å²) in [6.07, 6.45) is 0.885.